The Morgan fingerprint density at radius 3 is 2.35 bits per heavy atom. The fourth-order valence-corrected chi connectivity index (χ4v) is 4.06. The van der Waals surface area contributed by atoms with Crippen LogP contribution in [-0.2, 0) is 31.1 Å². The molecule has 0 heterocycles. The van der Waals surface area contributed by atoms with Crippen molar-refractivity contribution in [3.8, 4) is 5.75 Å². The Bertz CT molecular complexity index is 684. The summed E-state index contributed by atoms with van der Waals surface area (Å²) in [5.74, 6) is 0.475. The molecule has 0 radical (unpaired) electrons. The van der Waals surface area contributed by atoms with E-state index in [0.29, 0.717) is 5.75 Å². The lowest BCUT2D eigenvalue weighted by Gasteiger charge is -2.37. The van der Waals surface area contributed by atoms with E-state index in [1.807, 2.05) is 6.07 Å². The van der Waals surface area contributed by atoms with Gasteiger partial charge in [-0.05, 0) is 77.8 Å². The molecule has 0 bridgehead atoms. The van der Waals surface area contributed by atoms with Crippen molar-refractivity contribution in [2.45, 2.75) is 64.7 Å². The molecule has 0 spiro atoms. The number of benzene rings is 2. The minimum Gasteiger partial charge on any atom is -0.508 e. The van der Waals surface area contributed by atoms with Crippen LogP contribution in [0.2, 0.25) is 0 Å². The molecule has 1 aliphatic carbocycles. The molecule has 1 aliphatic rings. The summed E-state index contributed by atoms with van der Waals surface area (Å²) in [4.78, 5) is 0. The van der Waals surface area contributed by atoms with E-state index in [9.17, 15) is 5.11 Å². The van der Waals surface area contributed by atoms with E-state index in [4.69, 9.17) is 0 Å². The van der Waals surface area contributed by atoms with Crippen LogP contribution in [0.15, 0.2) is 36.4 Å². The van der Waals surface area contributed by atoms with E-state index in [1.54, 1.807) is 0 Å². The predicted octanol–water partition coefficient (Wildman–Crippen LogP) is 5.35. The van der Waals surface area contributed by atoms with Crippen molar-refractivity contribution in [3.63, 3.8) is 0 Å². The standard InChI is InChI=1S/C22H28O/c1-4-16-8-10-17(11-9-16)15-22(3)12-6-7-19-14-21(23)18(5-2)13-20(19)22/h8-11,13-14,23H,4-7,12,15H2,1-3H3/t22-/m1/s1. The smallest absolute Gasteiger partial charge is 0.119 e. The highest BCUT2D eigenvalue weighted by atomic mass is 16.3. The van der Waals surface area contributed by atoms with Crippen molar-refractivity contribution in [1.82, 2.24) is 0 Å². The summed E-state index contributed by atoms with van der Waals surface area (Å²) in [5.41, 5.74) is 6.89. The molecular formula is C22H28O. The number of aromatic hydroxyl groups is 1. The first-order valence-electron chi connectivity index (χ1n) is 8.99. The second-order valence-corrected chi connectivity index (χ2v) is 7.25. The Balaban J connectivity index is 1.96. The third kappa shape index (κ3) is 3.15. The molecule has 122 valence electrons. The Hall–Kier alpha value is -1.76. The molecule has 0 aromatic heterocycles. The summed E-state index contributed by atoms with van der Waals surface area (Å²) in [6, 6.07) is 13.4. The Kier molecular flexibility index (Phi) is 4.48. The molecule has 0 unspecified atom stereocenters. The van der Waals surface area contributed by atoms with Gasteiger partial charge >= 0.3 is 0 Å². The highest BCUT2D eigenvalue weighted by Crippen LogP contribution is 2.42. The average molecular weight is 308 g/mol. The Labute approximate surface area is 140 Å². The minimum absolute atomic E-state index is 0.179. The van der Waals surface area contributed by atoms with Crippen LogP contribution in [0.5, 0.6) is 5.75 Å². The van der Waals surface area contributed by atoms with Gasteiger partial charge in [0.1, 0.15) is 5.75 Å². The van der Waals surface area contributed by atoms with Gasteiger partial charge in [0.05, 0.1) is 0 Å². The molecule has 0 amide bonds. The third-order valence-electron chi connectivity index (χ3n) is 5.54. The van der Waals surface area contributed by atoms with Crippen molar-refractivity contribution in [1.29, 1.82) is 0 Å². The molecule has 1 nitrogen and oxygen atoms in total. The summed E-state index contributed by atoms with van der Waals surface area (Å²) in [5, 5.41) is 10.2. The van der Waals surface area contributed by atoms with Crippen molar-refractivity contribution in [2.75, 3.05) is 0 Å². The van der Waals surface area contributed by atoms with Gasteiger partial charge in [0, 0.05) is 0 Å². The maximum absolute atomic E-state index is 10.2. The van der Waals surface area contributed by atoms with Gasteiger partial charge in [-0.25, -0.2) is 0 Å². The quantitative estimate of drug-likeness (QED) is 0.807. The summed E-state index contributed by atoms with van der Waals surface area (Å²) < 4.78 is 0. The molecule has 0 fully saturated rings. The summed E-state index contributed by atoms with van der Waals surface area (Å²) in [7, 11) is 0. The van der Waals surface area contributed by atoms with Crippen LogP contribution in [0.3, 0.4) is 0 Å². The number of phenols is 1. The molecule has 23 heavy (non-hydrogen) atoms. The topological polar surface area (TPSA) is 20.2 Å². The van der Waals surface area contributed by atoms with Gasteiger partial charge in [0.25, 0.3) is 0 Å². The number of rotatable bonds is 4. The number of aryl methyl sites for hydroxylation is 3. The monoisotopic (exact) mass is 308 g/mol. The number of hydrogen-bond donors (Lipinski definition) is 1. The summed E-state index contributed by atoms with van der Waals surface area (Å²) in [6.07, 6.45) is 6.60. The van der Waals surface area contributed by atoms with E-state index < -0.39 is 0 Å². The van der Waals surface area contributed by atoms with Crippen LogP contribution < -0.4 is 0 Å². The van der Waals surface area contributed by atoms with Crippen LogP contribution in [0.25, 0.3) is 0 Å². The van der Waals surface area contributed by atoms with E-state index in [0.717, 1.165) is 31.2 Å². The SMILES string of the molecule is CCc1ccc(C[C@@]2(C)CCCc3cc(O)c(CC)cc32)cc1. The van der Waals surface area contributed by atoms with E-state index in [-0.39, 0.29) is 5.41 Å². The number of hydrogen-bond acceptors (Lipinski definition) is 1. The molecule has 3 rings (SSSR count). The average Bonchev–Trinajstić information content (AvgIpc) is 2.55. The van der Waals surface area contributed by atoms with Crippen molar-refractivity contribution >= 4 is 0 Å². The third-order valence-corrected chi connectivity index (χ3v) is 5.54. The molecule has 2 aromatic carbocycles. The number of phenolic OH excluding ortho intramolecular Hbond substituents is 1. The number of fused-ring (bicyclic) bond motifs is 1. The zero-order chi connectivity index (χ0) is 16.4. The highest BCUT2D eigenvalue weighted by molar-refractivity contribution is 5.47. The fraction of sp³-hybridized carbons (Fsp3) is 0.455. The van der Waals surface area contributed by atoms with Crippen molar-refractivity contribution in [3.05, 3.63) is 64.2 Å². The second kappa shape index (κ2) is 6.39. The van der Waals surface area contributed by atoms with Gasteiger partial charge in [-0.3, -0.25) is 0 Å². The molecule has 2 aromatic rings. The van der Waals surface area contributed by atoms with Crippen LogP contribution in [0.1, 0.15) is 61.4 Å². The minimum atomic E-state index is 0.179. The molecule has 0 saturated heterocycles. The summed E-state index contributed by atoms with van der Waals surface area (Å²) >= 11 is 0. The zero-order valence-corrected chi connectivity index (χ0v) is 14.7. The largest absolute Gasteiger partial charge is 0.508 e. The lowest BCUT2D eigenvalue weighted by molar-refractivity contribution is 0.388. The zero-order valence-electron chi connectivity index (χ0n) is 14.7. The van der Waals surface area contributed by atoms with E-state index in [1.165, 1.54) is 35.1 Å². The first kappa shape index (κ1) is 16.1. The Morgan fingerprint density at radius 2 is 1.70 bits per heavy atom. The predicted molar refractivity (Wildman–Crippen MR) is 97.3 cm³/mol. The lowest BCUT2D eigenvalue weighted by atomic mass is 9.67. The first-order valence-corrected chi connectivity index (χ1v) is 8.99. The van der Waals surface area contributed by atoms with Crippen LogP contribution in [-0.4, -0.2) is 5.11 Å². The maximum Gasteiger partial charge on any atom is 0.119 e. The lowest BCUT2D eigenvalue weighted by Crippen LogP contribution is -2.30. The highest BCUT2D eigenvalue weighted by Gasteiger charge is 2.32. The molecule has 0 aliphatic heterocycles. The van der Waals surface area contributed by atoms with E-state index in [2.05, 4.69) is 51.1 Å². The van der Waals surface area contributed by atoms with Gasteiger partial charge in [0.15, 0.2) is 0 Å². The Morgan fingerprint density at radius 1 is 1.00 bits per heavy atom. The first-order chi connectivity index (χ1) is 11.1. The van der Waals surface area contributed by atoms with Gasteiger partial charge in [0.2, 0.25) is 0 Å². The molecule has 1 N–H and O–H groups in total. The van der Waals surface area contributed by atoms with Gasteiger partial charge in [-0.1, -0.05) is 51.1 Å². The van der Waals surface area contributed by atoms with Crippen LogP contribution >= 0.6 is 0 Å². The van der Waals surface area contributed by atoms with E-state index >= 15 is 0 Å². The molecule has 0 saturated carbocycles. The van der Waals surface area contributed by atoms with Crippen molar-refractivity contribution in [2.24, 2.45) is 0 Å². The van der Waals surface area contributed by atoms with Gasteiger partial charge in [-0.15, -0.1) is 0 Å². The molecule has 1 heteroatoms. The van der Waals surface area contributed by atoms with Gasteiger partial charge < -0.3 is 5.11 Å². The maximum atomic E-state index is 10.2. The van der Waals surface area contributed by atoms with Crippen LogP contribution in [0.4, 0.5) is 0 Å². The fourth-order valence-electron chi connectivity index (χ4n) is 4.06. The molecule has 1 atom stereocenters. The van der Waals surface area contributed by atoms with Gasteiger partial charge in [-0.2, -0.15) is 0 Å². The van der Waals surface area contributed by atoms with Crippen molar-refractivity contribution < 1.29 is 5.11 Å². The molecular weight excluding hydrogens is 280 g/mol. The van der Waals surface area contributed by atoms with Crippen LogP contribution in [0, 0.1) is 0 Å². The normalized spacial score (nSPS) is 20.3. The summed E-state index contributed by atoms with van der Waals surface area (Å²) in [6.45, 7) is 6.72. The second-order valence-electron chi connectivity index (χ2n) is 7.25.